The molecule has 8 rings (SSSR count). The van der Waals surface area contributed by atoms with E-state index in [1.807, 2.05) is 0 Å². The molecule has 3 saturated heterocycles. The molecule has 330 valence electrons. The molecule has 7 fully saturated rings. The van der Waals surface area contributed by atoms with E-state index in [-0.39, 0.29) is 51.4 Å². The van der Waals surface area contributed by atoms with E-state index in [1.54, 1.807) is 6.92 Å². The van der Waals surface area contributed by atoms with Gasteiger partial charge in [0.05, 0.1) is 43.7 Å². The third kappa shape index (κ3) is 5.89. The Bertz CT molecular complexity index is 1610. The van der Waals surface area contributed by atoms with Gasteiger partial charge in [-0.3, -0.25) is 4.79 Å². The predicted molar refractivity (Wildman–Crippen MR) is 206 cm³/mol. The highest BCUT2D eigenvalue weighted by Crippen LogP contribution is 2.79. The lowest BCUT2D eigenvalue weighted by Gasteiger charge is -2.73. The lowest BCUT2D eigenvalue weighted by atomic mass is 9.32. The second kappa shape index (κ2) is 14.4. The van der Waals surface area contributed by atoms with Crippen molar-refractivity contribution in [2.45, 2.75) is 186 Å². The zero-order valence-corrected chi connectivity index (χ0v) is 35.6. The van der Waals surface area contributed by atoms with Crippen molar-refractivity contribution in [1.82, 2.24) is 0 Å². The largest absolute Gasteiger partial charge is 0.454 e. The van der Waals surface area contributed by atoms with Gasteiger partial charge in [0.25, 0.3) is 0 Å². The molecule has 0 aromatic carbocycles. The van der Waals surface area contributed by atoms with E-state index in [0.29, 0.717) is 19.4 Å². The smallest absolute Gasteiger partial charge is 0.303 e. The zero-order valence-electron chi connectivity index (χ0n) is 35.6. The Balaban J connectivity index is 1.05. The quantitative estimate of drug-likeness (QED) is 0.112. The maximum absolute atomic E-state index is 12.2. The van der Waals surface area contributed by atoms with Crippen molar-refractivity contribution in [1.29, 1.82) is 0 Å². The molecule has 7 N–H and O–H groups in total. The molecule has 3 aliphatic heterocycles. The SMILES string of the molecule is CC(=O)O[C@H]1[C@H](O[C@H]2[C@@H](O)[C@@H](C)O[C@@H](O[C@H]3CC[C@@]4(C)[C@@H](CC[C@]5(C)[C@@H]4C=C[C@]46OC[C@@]7(CCC(C)(C)C[C@H]74)[C@@H](O)C[C@]65C)[C@]3(C)CO)[C@@H]2O)O[C@H](CO)[C@@H](O)[C@@H]1O. The Labute approximate surface area is 342 Å². The van der Waals surface area contributed by atoms with Crippen molar-refractivity contribution in [2.24, 2.45) is 50.2 Å². The summed E-state index contributed by atoms with van der Waals surface area (Å²) in [7, 11) is 0. The van der Waals surface area contributed by atoms with Crippen molar-refractivity contribution >= 4 is 5.97 Å². The van der Waals surface area contributed by atoms with Gasteiger partial charge in [0.15, 0.2) is 18.7 Å². The van der Waals surface area contributed by atoms with Crippen molar-refractivity contribution in [2.75, 3.05) is 19.8 Å². The van der Waals surface area contributed by atoms with Crippen LogP contribution in [0.4, 0.5) is 0 Å². The molecule has 1 spiro atoms. The van der Waals surface area contributed by atoms with Crippen molar-refractivity contribution < 1.29 is 69.0 Å². The second-order valence-corrected chi connectivity index (χ2v) is 21.5. The standard InChI is InChI=1S/C44H70O14/c1-22-30(49)34(58-37-35(55-23(2)47)32(51)31(50)24(19-45)56-37)33(52)36(54-22)57-29-11-12-39(5)25(40(29,6)20-46)9-13-41(7)26(39)10-14-44-27-17-38(3,4)15-16-43(27,21-53-44)28(48)18-42(41,44)8/h10,14,22,24-37,45-46,48-52H,9,11-13,15-21H2,1-8H3/t22-,24-,25-,26-,27-,28+,29+,30+,31-,32+,33-,34+,35-,36+,37+,39+,40+,41-,42+,43-,44+/m1/s1. The van der Waals surface area contributed by atoms with Gasteiger partial charge in [-0.05, 0) is 86.4 Å². The summed E-state index contributed by atoms with van der Waals surface area (Å²) >= 11 is 0. The molecule has 14 heteroatoms. The Morgan fingerprint density at radius 3 is 2.19 bits per heavy atom. The molecular weight excluding hydrogens is 752 g/mol. The molecule has 5 aliphatic carbocycles. The lowest BCUT2D eigenvalue weighted by molar-refractivity contribution is -0.368. The monoisotopic (exact) mass is 822 g/mol. The van der Waals surface area contributed by atoms with Crippen LogP contribution in [0.1, 0.15) is 107 Å². The van der Waals surface area contributed by atoms with Gasteiger partial charge in [-0.1, -0.05) is 53.7 Å². The molecule has 8 aliphatic rings. The van der Waals surface area contributed by atoms with E-state index in [2.05, 4.69) is 53.7 Å². The van der Waals surface area contributed by atoms with Crippen LogP contribution in [-0.4, -0.2) is 141 Å². The summed E-state index contributed by atoms with van der Waals surface area (Å²) in [5, 5.41) is 77.6. The molecule has 0 unspecified atom stereocenters. The van der Waals surface area contributed by atoms with Gasteiger partial charge < -0.3 is 64.2 Å². The van der Waals surface area contributed by atoms with E-state index in [4.69, 9.17) is 28.4 Å². The number of rotatable bonds is 7. The Hall–Kier alpha value is -1.27. The third-order valence-corrected chi connectivity index (χ3v) is 18.2. The summed E-state index contributed by atoms with van der Waals surface area (Å²) in [6.45, 7) is 16.4. The van der Waals surface area contributed by atoms with Crippen LogP contribution in [-0.2, 0) is 33.2 Å². The molecule has 3 heterocycles. The highest BCUT2D eigenvalue weighted by atomic mass is 16.7. The fraction of sp³-hybridized carbons (Fsp3) is 0.932. The number of ether oxygens (including phenoxy) is 6. The van der Waals surface area contributed by atoms with Crippen LogP contribution in [0.3, 0.4) is 0 Å². The first kappa shape index (κ1) is 43.4. The van der Waals surface area contributed by atoms with Gasteiger partial charge in [0, 0.05) is 29.1 Å². The first-order valence-corrected chi connectivity index (χ1v) is 21.8. The summed E-state index contributed by atoms with van der Waals surface area (Å²) in [6, 6.07) is 0. The number of aliphatic hydroxyl groups is 7. The summed E-state index contributed by atoms with van der Waals surface area (Å²) < 4.78 is 36.9. The molecule has 21 atom stereocenters. The van der Waals surface area contributed by atoms with Gasteiger partial charge in [0.1, 0.15) is 36.6 Å². The van der Waals surface area contributed by atoms with Crippen molar-refractivity contribution in [3.63, 3.8) is 0 Å². The number of carbonyl (C=O) groups excluding carboxylic acids is 1. The van der Waals surface area contributed by atoms with Gasteiger partial charge in [-0.15, -0.1) is 0 Å². The van der Waals surface area contributed by atoms with E-state index < -0.39 is 97.2 Å². The van der Waals surface area contributed by atoms with Gasteiger partial charge in [-0.2, -0.15) is 0 Å². The minimum atomic E-state index is -1.69. The minimum Gasteiger partial charge on any atom is -0.454 e. The van der Waals surface area contributed by atoms with Gasteiger partial charge in [0.2, 0.25) is 0 Å². The molecule has 58 heavy (non-hydrogen) atoms. The first-order valence-electron chi connectivity index (χ1n) is 21.8. The average Bonchev–Trinajstić information content (AvgIpc) is 3.44. The number of carbonyl (C=O) groups is 1. The molecule has 0 radical (unpaired) electrons. The highest BCUT2D eigenvalue weighted by Gasteiger charge is 2.79. The fourth-order valence-corrected chi connectivity index (χ4v) is 14.6. The maximum atomic E-state index is 12.2. The van der Waals surface area contributed by atoms with Crippen LogP contribution in [0.5, 0.6) is 0 Å². The number of fused-ring (bicyclic) bond motifs is 4. The molecule has 0 aromatic heterocycles. The van der Waals surface area contributed by atoms with Gasteiger partial charge >= 0.3 is 5.97 Å². The minimum absolute atomic E-state index is 0.0223. The van der Waals surface area contributed by atoms with Crippen LogP contribution in [0.25, 0.3) is 0 Å². The van der Waals surface area contributed by atoms with Crippen LogP contribution < -0.4 is 0 Å². The summed E-state index contributed by atoms with van der Waals surface area (Å²) in [4.78, 5) is 12.0. The summed E-state index contributed by atoms with van der Waals surface area (Å²) in [6.07, 6.45) is -3.57. The van der Waals surface area contributed by atoms with Gasteiger partial charge in [-0.25, -0.2) is 0 Å². The average molecular weight is 823 g/mol. The van der Waals surface area contributed by atoms with E-state index in [0.717, 1.165) is 45.4 Å². The lowest BCUT2D eigenvalue weighted by Crippen LogP contribution is -2.72. The molecule has 4 saturated carbocycles. The van der Waals surface area contributed by atoms with Crippen LogP contribution >= 0.6 is 0 Å². The number of allylic oxidation sites excluding steroid dienone is 1. The van der Waals surface area contributed by atoms with Crippen LogP contribution in [0, 0.1) is 50.2 Å². The van der Waals surface area contributed by atoms with E-state index in [9.17, 15) is 40.5 Å². The number of hydrogen-bond acceptors (Lipinski definition) is 14. The first-order chi connectivity index (χ1) is 27.1. The van der Waals surface area contributed by atoms with Crippen LogP contribution in [0.2, 0.25) is 0 Å². The summed E-state index contributed by atoms with van der Waals surface area (Å²) in [5.41, 5.74) is -2.00. The molecule has 0 amide bonds. The maximum Gasteiger partial charge on any atom is 0.303 e. The van der Waals surface area contributed by atoms with Crippen molar-refractivity contribution in [3.8, 4) is 0 Å². The van der Waals surface area contributed by atoms with Crippen molar-refractivity contribution in [3.05, 3.63) is 12.2 Å². The molecule has 0 aromatic rings. The number of esters is 1. The Morgan fingerprint density at radius 2 is 1.52 bits per heavy atom. The number of hydrogen-bond donors (Lipinski definition) is 7. The Kier molecular flexibility index (Phi) is 10.8. The third-order valence-electron chi connectivity index (χ3n) is 18.2. The normalized spacial score (nSPS) is 57.1. The molecule has 2 bridgehead atoms. The molecular formula is C44H70O14. The molecule has 14 nitrogen and oxygen atoms in total. The number of aliphatic hydroxyl groups excluding tert-OH is 7. The Morgan fingerprint density at radius 1 is 0.793 bits per heavy atom. The second-order valence-electron chi connectivity index (χ2n) is 21.5. The topological polar surface area (TPSA) is 214 Å². The van der Waals surface area contributed by atoms with E-state index in [1.165, 1.54) is 0 Å². The zero-order chi connectivity index (χ0) is 42.2. The van der Waals surface area contributed by atoms with E-state index >= 15 is 0 Å². The van der Waals surface area contributed by atoms with Crippen LogP contribution in [0.15, 0.2) is 12.2 Å². The predicted octanol–water partition coefficient (Wildman–Crippen LogP) is 2.35. The highest BCUT2D eigenvalue weighted by molar-refractivity contribution is 5.66. The summed E-state index contributed by atoms with van der Waals surface area (Å²) in [5.74, 6) is -0.382. The fourth-order valence-electron chi connectivity index (χ4n) is 14.6.